The third-order valence-corrected chi connectivity index (χ3v) is 7.50. The van der Waals surface area contributed by atoms with Gasteiger partial charge in [0.15, 0.2) is 5.78 Å². The molecular weight excluding hydrogens is 256 g/mol. The number of carboxylic acid groups (broad SMARTS) is 1. The van der Waals surface area contributed by atoms with Crippen molar-refractivity contribution in [3.63, 3.8) is 0 Å². The number of ketones is 1. The van der Waals surface area contributed by atoms with E-state index in [1.807, 2.05) is 0 Å². The fourth-order valence-corrected chi connectivity index (χ4v) is 4.13. The van der Waals surface area contributed by atoms with E-state index in [9.17, 15) is 9.59 Å². The van der Waals surface area contributed by atoms with Gasteiger partial charge in [0, 0.05) is 19.6 Å². The van der Waals surface area contributed by atoms with Crippen molar-refractivity contribution in [1.82, 2.24) is 0 Å². The molecule has 1 aromatic carbocycles. The Morgan fingerprint density at radius 2 is 2.00 bits per heavy atom. The van der Waals surface area contributed by atoms with Crippen molar-refractivity contribution in [3.8, 4) is 0 Å². The fraction of sp³-hybridized carbons (Fsp3) is 0.467. The van der Waals surface area contributed by atoms with Gasteiger partial charge < -0.3 is 5.11 Å². The van der Waals surface area contributed by atoms with Gasteiger partial charge >= 0.3 is 5.97 Å². The number of aromatic carboxylic acids is 1. The van der Waals surface area contributed by atoms with Crippen LogP contribution in [0.4, 0.5) is 0 Å². The Kier molecular flexibility index (Phi) is 3.39. The number of hydrogen-bond donors (Lipinski definition) is 1. The molecule has 0 saturated heterocycles. The van der Waals surface area contributed by atoms with Gasteiger partial charge in [-0.15, -0.1) is 0 Å². The highest BCUT2D eigenvalue weighted by Gasteiger charge is 2.39. The molecule has 0 saturated carbocycles. The van der Waals surface area contributed by atoms with Crippen molar-refractivity contribution in [2.24, 2.45) is 5.92 Å². The van der Waals surface area contributed by atoms with E-state index in [1.165, 1.54) is 6.07 Å². The number of Topliss-reactive ketones (excluding diaryl/α,β-unsaturated/α-hetero) is 1. The molecule has 1 N–H and O–H groups in total. The summed E-state index contributed by atoms with van der Waals surface area (Å²) in [4.78, 5) is 23.5. The van der Waals surface area contributed by atoms with Crippen LogP contribution in [0, 0.1) is 5.92 Å². The van der Waals surface area contributed by atoms with Crippen LogP contribution in [0.15, 0.2) is 18.2 Å². The second-order valence-electron chi connectivity index (χ2n) is 6.51. The minimum atomic E-state index is -1.38. The lowest BCUT2D eigenvalue weighted by atomic mass is 10.0. The molecule has 4 heteroatoms. The van der Waals surface area contributed by atoms with Gasteiger partial charge in [-0.2, -0.15) is 0 Å². The summed E-state index contributed by atoms with van der Waals surface area (Å²) >= 11 is 0. The molecule has 1 aromatic rings. The highest BCUT2D eigenvalue weighted by Crippen LogP contribution is 2.39. The summed E-state index contributed by atoms with van der Waals surface area (Å²) in [6.07, 6.45) is 0.763. The first-order chi connectivity index (χ1) is 8.71. The van der Waals surface area contributed by atoms with Gasteiger partial charge in [-0.25, -0.2) is 4.79 Å². The summed E-state index contributed by atoms with van der Waals surface area (Å²) in [5.74, 6) is -0.809. The first-order valence-corrected chi connectivity index (χ1v) is 10.2. The smallest absolute Gasteiger partial charge is 0.335 e. The molecule has 3 nitrogen and oxygen atoms in total. The van der Waals surface area contributed by atoms with Gasteiger partial charge in [-0.05, 0) is 29.7 Å². The highest BCUT2D eigenvalue weighted by molar-refractivity contribution is 6.77. The zero-order valence-corrected chi connectivity index (χ0v) is 12.9. The number of rotatable bonds is 3. The quantitative estimate of drug-likeness (QED) is 0.860. The number of carboxylic acids is 1. The van der Waals surface area contributed by atoms with E-state index in [0.717, 1.165) is 12.0 Å². The maximum Gasteiger partial charge on any atom is 0.335 e. The van der Waals surface area contributed by atoms with Crippen LogP contribution >= 0.6 is 0 Å². The molecule has 0 spiro atoms. The maximum atomic E-state index is 12.5. The molecule has 2 rings (SSSR count). The molecule has 1 aliphatic rings. The Bertz CT molecular complexity index is 543. The second-order valence-corrected chi connectivity index (χ2v) is 12.1. The molecule has 2 atom stereocenters. The second kappa shape index (κ2) is 4.60. The summed E-state index contributed by atoms with van der Waals surface area (Å²) in [7, 11) is -1.38. The Balaban J connectivity index is 2.35. The molecule has 0 fully saturated rings. The predicted octanol–water partition coefficient (Wildman–Crippen LogP) is 3.47. The predicted molar refractivity (Wildman–Crippen MR) is 77.7 cm³/mol. The Labute approximate surface area is 114 Å². The third kappa shape index (κ3) is 2.49. The van der Waals surface area contributed by atoms with E-state index < -0.39 is 14.0 Å². The number of carbonyl (C=O) groups is 2. The van der Waals surface area contributed by atoms with Gasteiger partial charge in [0.25, 0.3) is 0 Å². The molecule has 0 bridgehead atoms. The number of fused-ring (bicyclic) bond motifs is 1. The van der Waals surface area contributed by atoms with Crippen molar-refractivity contribution in [3.05, 3.63) is 34.9 Å². The van der Waals surface area contributed by atoms with E-state index in [4.69, 9.17) is 5.11 Å². The summed E-state index contributed by atoms with van der Waals surface area (Å²) < 4.78 is 0. The van der Waals surface area contributed by atoms with E-state index in [0.29, 0.717) is 11.1 Å². The largest absolute Gasteiger partial charge is 0.478 e. The van der Waals surface area contributed by atoms with Gasteiger partial charge in [0.05, 0.1) is 5.56 Å². The normalized spacial score (nSPS) is 20.2. The molecule has 0 heterocycles. The van der Waals surface area contributed by atoms with E-state index in [-0.39, 0.29) is 17.3 Å². The summed E-state index contributed by atoms with van der Waals surface area (Å²) in [6, 6.07) is 4.93. The maximum absolute atomic E-state index is 12.5. The average Bonchev–Trinajstić information content (AvgIpc) is 2.64. The number of hydrogen-bond acceptors (Lipinski definition) is 2. The molecule has 2 unspecified atom stereocenters. The number of benzene rings is 1. The average molecular weight is 276 g/mol. The van der Waals surface area contributed by atoms with Crippen molar-refractivity contribution >= 4 is 19.8 Å². The highest BCUT2D eigenvalue weighted by atomic mass is 28.3. The summed E-state index contributed by atoms with van der Waals surface area (Å²) in [5.41, 5.74) is 2.23. The lowest BCUT2D eigenvalue weighted by molar-refractivity contribution is 0.0697. The lowest BCUT2D eigenvalue weighted by Crippen LogP contribution is -2.33. The van der Waals surface area contributed by atoms with Crippen molar-refractivity contribution in [1.29, 1.82) is 0 Å². The van der Waals surface area contributed by atoms with E-state index in [1.54, 1.807) is 12.1 Å². The Hall–Kier alpha value is -1.42. The summed E-state index contributed by atoms with van der Waals surface area (Å²) in [6.45, 7) is 8.99. The van der Waals surface area contributed by atoms with Crippen molar-refractivity contribution in [2.75, 3.05) is 0 Å². The molecule has 0 aliphatic heterocycles. The fourth-order valence-electron chi connectivity index (χ4n) is 2.65. The SMILES string of the molecule is CC(C1Cc2ccc(C(=O)O)cc2C1=O)[Si](C)(C)C. The first-order valence-electron chi connectivity index (χ1n) is 6.62. The molecule has 102 valence electrons. The minimum absolute atomic E-state index is 0.0331. The van der Waals surface area contributed by atoms with Crippen LogP contribution in [-0.4, -0.2) is 24.9 Å². The topological polar surface area (TPSA) is 54.4 Å². The Morgan fingerprint density at radius 1 is 1.37 bits per heavy atom. The molecule has 19 heavy (non-hydrogen) atoms. The lowest BCUT2D eigenvalue weighted by Gasteiger charge is -2.29. The molecule has 0 radical (unpaired) electrons. The molecular formula is C15H20O3Si. The minimum Gasteiger partial charge on any atom is -0.478 e. The van der Waals surface area contributed by atoms with Crippen LogP contribution < -0.4 is 0 Å². The molecule has 0 aromatic heterocycles. The molecule has 1 aliphatic carbocycles. The number of carbonyl (C=O) groups excluding carboxylic acids is 1. The van der Waals surface area contributed by atoms with Gasteiger partial charge in [0.1, 0.15) is 0 Å². The van der Waals surface area contributed by atoms with E-state index >= 15 is 0 Å². The monoisotopic (exact) mass is 276 g/mol. The van der Waals surface area contributed by atoms with Crippen molar-refractivity contribution < 1.29 is 14.7 Å². The van der Waals surface area contributed by atoms with Gasteiger partial charge in [-0.1, -0.05) is 32.6 Å². The molecule has 0 amide bonds. The van der Waals surface area contributed by atoms with Gasteiger partial charge in [-0.3, -0.25) is 4.79 Å². The van der Waals surface area contributed by atoms with Crippen LogP contribution in [0.3, 0.4) is 0 Å². The zero-order valence-electron chi connectivity index (χ0n) is 11.9. The van der Waals surface area contributed by atoms with Crippen molar-refractivity contribution in [2.45, 2.75) is 38.5 Å². The van der Waals surface area contributed by atoms with Crippen LogP contribution in [0.1, 0.15) is 33.2 Å². The van der Waals surface area contributed by atoms with Crippen LogP contribution in [0.2, 0.25) is 25.2 Å². The van der Waals surface area contributed by atoms with Gasteiger partial charge in [0.2, 0.25) is 0 Å². The first kappa shape index (κ1) is 14.0. The van der Waals surface area contributed by atoms with Crippen LogP contribution in [-0.2, 0) is 6.42 Å². The third-order valence-electron chi connectivity index (χ3n) is 4.37. The standard InChI is InChI=1S/C15H20O3Si/c1-9(19(2,3)4)12-7-10-5-6-11(15(17)18)8-13(10)14(12)16/h5-6,8-9,12H,7H2,1-4H3,(H,17,18). The summed E-state index contributed by atoms with van der Waals surface area (Å²) in [5, 5.41) is 9.00. The zero-order chi connectivity index (χ0) is 14.4. The Morgan fingerprint density at radius 3 is 2.53 bits per heavy atom. The van der Waals surface area contributed by atoms with E-state index in [2.05, 4.69) is 26.6 Å². The van der Waals surface area contributed by atoms with Crippen LogP contribution in [0.25, 0.3) is 0 Å². The van der Waals surface area contributed by atoms with Crippen LogP contribution in [0.5, 0.6) is 0 Å².